The van der Waals surface area contributed by atoms with Crippen molar-refractivity contribution in [3.8, 4) is 11.1 Å². The molecule has 10 heteroatoms. The normalized spacial score (nSPS) is 18.3. The number of nitrogens with zero attached hydrogens (tertiary/aromatic N) is 1. The Morgan fingerprint density at radius 1 is 1.06 bits per heavy atom. The molecule has 1 saturated heterocycles. The third-order valence-corrected chi connectivity index (χ3v) is 7.05. The lowest BCUT2D eigenvalue weighted by Crippen LogP contribution is -2.25. The summed E-state index contributed by atoms with van der Waals surface area (Å²) in [7, 11) is -3.86. The van der Waals surface area contributed by atoms with Crippen LogP contribution in [0.3, 0.4) is 0 Å². The van der Waals surface area contributed by atoms with E-state index in [4.69, 9.17) is 21.0 Å². The quantitative estimate of drug-likeness (QED) is 0.223. The molecule has 1 aliphatic heterocycles. The van der Waals surface area contributed by atoms with E-state index in [2.05, 4.69) is 4.90 Å². The van der Waals surface area contributed by atoms with E-state index in [-0.39, 0.29) is 16.6 Å². The van der Waals surface area contributed by atoms with Crippen molar-refractivity contribution in [2.75, 3.05) is 13.1 Å². The van der Waals surface area contributed by atoms with Gasteiger partial charge in [-0.1, -0.05) is 60.7 Å². The number of rotatable bonds is 7. The lowest BCUT2D eigenvalue weighted by Gasteiger charge is -2.18. The van der Waals surface area contributed by atoms with E-state index in [1.54, 1.807) is 36.4 Å². The second kappa shape index (κ2) is 9.87. The smallest absolute Gasteiger partial charge is 0.450 e. The highest BCUT2D eigenvalue weighted by atomic mass is 32.2. The van der Waals surface area contributed by atoms with Crippen LogP contribution in [0, 0.1) is 5.41 Å². The SMILES string of the molecule is N=C(N)c1cccc([C@@H]2CN(Cc3ccc(-c4ccccc4S(N)(=O)=O)cc3)C[C@@H]2OC(=O)O)c1. The van der Waals surface area contributed by atoms with Crippen LogP contribution in [0.15, 0.2) is 77.7 Å². The maximum Gasteiger partial charge on any atom is 0.506 e. The number of likely N-dealkylation sites (tertiary alicyclic amines) is 1. The number of hydrogen-bond acceptors (Lipinski definition) is 6. The van der Waals surface area contributed by atoms with Crippen LogP contribution in [0.4, 0.5) is 4.79 Å². The van der Waals surface area contributed by atoms with Gasteiger partial charge in [-0.3, -0.25) is 10.3 Å². The Morgan fingerprint density at radius 2 is 1.77 bits per heavy atom. The maximum absolute atomic E-state index is 11.9. The monoisotopic (exact) mass is 494 g/mol. The van der Waals surface area contributed by atoms with Crippen molar-refractivity contribution in [2.24, 2.45) is 10.9 Å². The van der Waals surface area contributed by atoms with Crippen LogP contribution in [0.5, 0.6) is 0 Å². The van der Waals surface area contributed by atoms with Crippen LogP contribution in [0.25, 0.3) is 11.1 Å². The van der Waals surface area contributed by atoms with Crippen LogP contribution >= 0.6 is 0 Å². The van der Waals surface area contributed by atoms with E-state index in [9.17, 15) is 18.3 Å². The van der Waals surface area contributed by atoms with Crippen molar-refractivity contribution in [3.63, 3.8) is 0 Å². The fourth-order valence-corrected chi connectivity index (χ4v) is 5.25. The van der Waals surface area contributed by atoms with Gasteiger partial charge in [-0.25, -0.2) is 18.4 Å². The average molecular weight is 495 g/mol. The number of carbonyl (C=O) groups is 1. The number of hydrogen-bond donors (Lipinski definition) is 4. The van der Waals surface area contributed by atoms with Gasteiger partial charge in [-0.2, -0.15) is 0 Å². The van der Waals surface area contributed by atoms with Crippen LogP contribution in [-0.2, 0) is 21.3 Å². The first kappa shape index (κ1) is 24.4. The number of amidine groups is 1. The molecule has 0 spiro atoms. The molecular weight excluding hydrogens is 468 g/mol. The van der Waals surface area contributed by atoms with Gasteiger partial charge in [0.15, 0.2) is 0 Å². The summed E-state index contributed by atoms with van der Waals surface area (Å²) in [6.07, 6.45) is -1.89. The summed E-state index contributed by atoms with van der Waals surface area (Å²) in [5, 5.41) is 22.3. The summed E-state index contributed by atoms with van der Waals surface area (Å²) in [5.74, 6) is -0.257. The predicted molar refractivity (Wildman–Crippen MR) is 132 cm³/mol. The van der Waals surface area contributed by atoms with Crippen molar-refractivity contribution >= 4 is 22.0 Å². The molecular formula is C25H26N4O5S. The number of carboxylic acid groups (broad SMARTS) is 1. The maximum atomic E-state index is 11.9. The number of nitrogens with one attached hydrogen (secondary N) is 1. The molecule has 3 aromatic rings. The molecule has 0 bridgehead atoms. The Hall–Kier alpha value is -3.73. The number of primary sulfonamides is 1. The van der Waals surface area contributed by atoms with Gasteiger partial charge in [0.25, 0.3) is 0 Å². The van der Waals surface area contributed by atoms with Crippen LogP contribution in [-0.4, -0.2) is 49.6 Å². The lowest BCUT2D eigenvalue weighted by atomic mass is 9.94. The van der Waals surface area contributed by atoms with E-state index in [1.165, 1.54) is 6.07 Å². The molecule has 35 heavy (non-hydrogen) atoms. The summed E-state index contributed by atoms with van der Waals surface area (Å²) in [5.41, 5.74) is 9.30. The summed E-state index contributed by atoms with van der Waals surface area (Å²) >= 11 is 0. The topological polar surface area (TPSA) is 160 Å². The minimum absolute atomic E-state index is 0.0542. The highest BCUT2D eigenvalue weighted by Crippen LogP contribution is 2.32. The third kappa shape index (κ3) is 5.68. The molecule has 4 rings (SSSR count). The van der Waals surface area contributed by atoms with Crippen LogP contribution < -0.4 is 10.9 Å². The zero-order valence-electron chi connectivity index (χ0n) is 18.8. The largest absolute Gasteiger partial charge is 0.506 e. The second-order valence-corrected chi connectivity index (χ2v) is 10.0. The molecule has 0 radical (unpaired) electrons. The van der Waals surface area contributed by atoms with E-state index in [0.29, 0.717) is 30.8 Å². The standard InChI is InChI=1S/C25H26N4O5S/c26-24(27)19-5-3-4-18(12-19)21-14-29(15-22(21)34-25(30)31)13-16-8-10-17(11-9-16)20-6-1-2-7-23(20)35(28,32)33/h1-12,21-22H,13-15H2,(H3,26,27)(H,30,31)(H2,28,32,33)/t21-,22-/m0/s1. The first-order valence-electron chi connectivity index (χ1n) is 10.9. The molecule has 3 aromatic carbocycles. The Morgan fingerprint density at radius 3 is 2.43 bits per heavy atom. The van der Waals surface area contributed by atoms with Gasteiger partial charge in [-0.15, -0.1) is 0 Å². The molecule has 1 aliphatic rings. The van der Waals surface area contributed by atoms with E-state index in [1.807, 2.05) is 30.3 Å². The first-order valence-corrected chi connectivity index (χ1v) is 12.4. The summed E-state index contributed by atoms with van der Waals surface area (Å²) in [6.45, 7) is 1.53. The van der Waals surface area contributed by atoms with Gasteiger partial charge >= 0.3 is 6.16 Å². The number of benzene rings is 3. The molecule has 1 heterocycles. The minimum Gasteiger partial charge on any atom is -0.450 e. The Balaban J connectivity index is 1.53. The molecule has 0 aromatic heterocycles. The van der Waals surface area contributed by atoms with Crippen molar-refractivity contribution < 1.29 is 23.1 Å². The number of ether oxygens (including phenoxy) is 1. The zero-order valence-corrected chi connectivity index (χ0v) is 19.6. The van der Waals surface area contributed by atoms with Gasteiger partial charge in [0.1, 0.15) is 11.9 Å². The Bertz CT molecular complexity index is 1360. The molecule has 6 N–H and O–H groups in total. The van der Waals surface area contributed by atoms with E-state index < -0.39 is 22.3 Å². The molecule has 0 amide bonds. The summed E-state index contributed by atoms with van der Waals surface area (Å²) < 4.78 is 29.1. The molecule has 2 atom stereocenters. The average Bonchev–Trinajstić information content (AvgIpc) is 3.20. The van der Waals surface area contributed by atoms with E-state index >= 15 is 0 Å². The molecule has 9 nitrogen and oxygen atoms in total. The Kier molecular flexibility index (Phi) is 6.88. The highest BCUT2D eigenvalue weighted by molar-refractivity contribution is 7.89. The number of sulfonamides is 1. The molecule has 0 aliphatic carbocycles. The van der Waals surface area contributed by atoms with Crippen LogP contribution in [0.1, 0.15) is 22.6 Å². The van der Waals surface area contributed by atoms with Gasteiger partial charge in [0.05, 0.1) is 4.90 Å². The van der Waals surface area contributed by atoms with Crippen LogP contribution in [0.2, 0.25) is 0 Å². The van der Waals surface area contributed by atoms with Crippen molar-refractivity contribution in [3.05, 3.63) is 89.5 Å². The number of nitrogens with two attached hydrogens (primary N) is 2. The molecule has 1 fully saturated rings. The molecule has 0 unspecified atom stereocenters. The van der Waals surface area contributed by atoms with Gasteiger partial charge in [0.2, 0.25) is 10.0 Å². The summed E-state index contributed by atoms with van der Waals surface area (Å²) in [6, 6.07) is 21.3. The third-order valence-electron chi connectivity index (χ3n) is 6.08. The fraction of sp³-hybridized carbons (Fsp3) is 0.200. The molecule has 182 valence electrons. The first-order chi connectivity index (χ1) is 16.6. The highest BCUT2D eigenvalue weighted by Gasteiger charge is 2.36. The Labute approximate surface area is 203 Å². The van der Waals surface area contributed by atoms with Crippen molar-refractivity contribution in [1.29, 1.82) is 5.41 Å². The molecule has 0 saturated carbocycles. The second-order valence-electron chi connectivity index (χ2n) is 8.50. The van der Waals surface area contributed by atoms with Gasteiger partial charge < -0.3 is 15.6 Å². The van der Waals surface area contributed by atoms with E-state index in [0.717, 1.165) is 16.7 Å². The van der Waals surface area contributed by atoms with Gasteiger partial charge in [0, 0.05) is 36.7 Å². The fourth-order valence-electron chi connectivity index (χ4n) is 4.49. The van der Waals surface area contributed by atoms with Crippen molar-refractivity contribution in [2.45, 2.75) is 23.5 Å². The zero-order chi connectivity index (χ0) is 25.2. The van der Waals surface area contributed by atoms with Crippen molar-refractivity contribution in [1.82, 2.24) is 4.90 Å². The lowest BCUT2D eigenvalue weighted by molar-refractivity contribution is 0.0493. The minimum atomic E-state index is -3.86. The predicted octanol–water partition coefficient (Wildman–Crippen LogP) is 2.95. The number of nitrogen functional groups attached to an aromatic ring is 1. The van der Waals surface area contributed by atoms with Gasteiger partial charge in [-0.05, 0) is 28.8 Å². The summed E-state index contributed by atoms with van der Waals surface area (Å²) in [4.78, 5) is 13.5.